The van der Waals surface area contributed by atoms with E-state index in [4.69, 9.17) is 0 Å². The number of ketones is 1. The molecule has 2 aromatic rings. The smallest absolute Gasteiger partial charge is 0.166 e. The molecule has 0 aliphatic carbocycles. The lowest BCUT2D eigenvalue weighted by molar-refractivity contribution is 0.0965. The van der Waals surface area contributed by atoms with Crippen molar-refractivity contribution in [2.24, 2.45) is 5.92 Å². The van der Waals surface area contributed by atoms with Gasteiger partial charge in [-0.3, -0.25) is 9.78 Å². The van der Waals surface area contributed by atoms with Crippen LogP contribution >= 0.6 is 0 Å². The first-order valence-electron chi connectivity index (χ1n) is 5.53. The zero-order valence-electron chi connectivity index (χ0n) is 9.55. The van der Waals surface area contributed by atoms with E-state index >= 15 is 0 Å². The van der Waals surface area contributed by atoms with E-state index in [9.17, 15) is 4.79 Å². The molecule has 0 amide bonds. The quantitative estimate of drug-likeness (QED) is 0.738. The third-order valence-electron chi connectivity index (χ3n) is 2.86. The summed E-state index contributed by atoms with van der Waals surface area (Å²) < 4.78 is 1.68. The standard InChI is InChI=1S/C12H15N3O/c1-3-9(2)6-12(16)10-7-14-15-5-4-13-8-11(10)15/h4-5,7-9H,3,6H2,1-2H3. The van der Waals surface area contributed by atoms with Crippen molar-refractivity contribution in [3.05, 3.63) is 30.4 Å². The lowest BCUT2D eigenvalue weighted by Crippen LogP contribution is -2.05. The largest absolute Gasteiger partial charge is 0.294 e. The summed E-state index contributed by atoms with van der Waals surface area (Å²) in [5.41, 5.74) is 1.46. The summed E-state index contributed by atoms with van der Waals surface area (Å²) in [5, 5.41) is 4.13. The van der Waals surface area contributed by atoms with Crippen molar-refractivity contribution in [2.75, 3.05) is 0 Å². The Morgan fingerprint density at radius 2 is 2.31 bits per heavy atom. The van der Waals surface area contributed by atoms with Crippen LogP contribution in [0.15, 0.2) is 24.8 Å². The van der Waals surface area contributed by atoms with Crippen LogP contribution in [-0.2, 0) is 0 Å². The number of aromatic nitrogens is 3. The molecule has 1 atom stereocenters. The second kappa shape index (κ2) is 4.43. The summed E-state index contributed by atoms with van der Waals surface area (Å²) in [7, 11) is 0. The number of Topliss-reactive ketones (excluding diaryl/α,β-unsaturated/α-hetero) is 1. The Morgan fingerprint density at radius 1 is 1.50 bits per heavy atom. The maximum Gasteiger partial charge on any atom is 0.166 e. The highest BCUT2D eigenvalue weighted by atomic mass is 16.1. The molecule has 0 bridgehead atoms. The number of fused-ring (bicyclic) bond motifs is 1. The minimum Gasteiger partial charge on any atom is -0.294 e. The Bertz CT molecular complexity index is 504. The van der Waals surface area contributed by atoms with E-state index in [2.05, 4.69) is 23.9 Å². The van der Waals surface area contributed by atoms with Gasteiger partial charge in [0.1, 0.15) is 0 Å². The minimum absolute atomic E-state index is 0.150. The molecule has 2 rings (SSSR count). The van der Waals surface area contributed by atoms with Gasteiger partial charge in [-0.05, 0) is 5.92 Å². The summed E-state index contributed by atoms with van der Waals surface area (Å²) in [4.78, 5) is 16.0. The monoisotopic (exact) mass is 217 g/mol. The van der Waals surface area contributed by atoms with Gasteiger partial charge < -0.3 is 0 Å². The van der Waals surface area contributed by atoms with E-state index in [1.165, 1.54) is 0 Å². The number of hydrogen-bond acceptors (Lipinski definition) is 3. The van der Waals surface area contributed by atoms with Crippen molar-refractivity contribution in [1.29, 1.82) is 0 Å². The molecule has 0 saturated carbocycles. The third kappa shape index (κ3) is 1.96. The van der Waals surface area contributed by atoms with Crippen molar-refractivity contribution >= 4 is 11.3 Å². The second-order valence-corrected chi connectivity index (χ2v) is 4.11. The van der Waals surface area contributed by atoms with E-state index in [1.54, 1.807) is 29.3 Å². The Balaban J connectivity index is 2.30. The fraction of sp³-hybridized carbons (Fsp3) is 0.417. The Morgan fingerprint density at radius 3 is 3.06 bits per heavy atom. The molecule has 1 unspecified atom stereocenters. The Hall–Kier alpha value is -1.71. The molecule has 2 heterocycles. The van der Waals surface area contributed by atoms with Crippen LogP contribution in [0.2, 0.25) is 0 Å². The molecule has 0 aromatic carbocycles. The van der Waals surface area contributed by atoms with Crippen molar-refractivity contribution in [1.82, 2.24) is 14.6 Å². The number of nitrogens with zero attached hydrogens (tertiary/aromatic N) is 3. The zero-order chi connectivity index (χ0) is 11.5. The lowest BCUT2D eigenvalue weighted by atomic mass is 9.99. The molecular formula is C12H15N3O. The third-order valence-corrected chi connectivity index (χ3v) is 2.86. The maximum absolute atomic E-state index is 12.0. The summed E-state index contributed by atoms with van der Waals surface area (Å²) in [5.74, 6) is 0.566. The van der Waals surface area contributed by atoms with Crippen LogP contribution in [0.4, 0.5) is 0 Å². The second-order valence-electron chi connectivity index (χ2n) is 4.11. The van der Waals surface area contributed by atoms with Crippen molar-refractivity contribution < 1.29 is 4.79 Å². The number of carbonyl (C=O) groups is 1. The number of carbonyl (C=O) groups excluding carboxylic acids is 1. The first-order valence-corrected chi connectivity index (χ1v) is 5.53. The van der Waals surface area contributed by atoms with Gasteiger partial charge in [0.25, 0.3) is 0 Å². The van der Waals surface area contributed by atoms with E-state index < -0.39 is 0 Å². The number of hydrogen-bond donors (Lipinski definition) is 0. The molecule has 0 fully saturated rings. The summed E-state index contributed by atoms with van der Waals surface area (Å²) in [6.45, 7) is 4.18. The maximum atomic E-state index is 12.0. The fourth-order valence-corrected chi connectivity index (χ4v) is 1.62. The SMILES string of the molecule is CCC(C)CC(=O)c1cnn2ccncc12. The molecule has 4 heteroatoms. The average Bonchev–Trinajstić information content (AvgIpc) is 2.72. The molecule has 0 aliphatic rings. The Labute approximate surface area is 94.3 Å². The molecule has 0 saturated heterocycles. The van der Waals surface area contributed by atoms with Crippen LogP contribution in [0, 0.1) is 5.92 Å². The Kier molecular flexibility index (Phi) is 2.99. The van der Waals surface area contributed by atoms with Crippen LogP contribution in [0.3, 0.4) is 0 Å². The highest BCUT2D eigenvalue weighted by Gasteiger charge is 2.14. The van der Waals surface area contributed by atoms with Crippen LogP contribution in [0.1, 0.15) is 37.0 Å². The van der Waals surface area contributed by atoms with Crippen LogP contribution in [0.5, 0.6) is 0 Å². The molecule has 2 aromatic heterocycles. The van der Waals surface area contributed by atoms with E-state index in [1.807, 2.05) is 0 Å². The predicted octanol–water partition coefficient (Wildman–Crippen LogP) is 2.35. The first-order chi connectivity index (χ1) is 7.72. The molecule has 84 valence electrons. The molecule has 0 N–H and O–H groups in total. The van der Waals surface area contributed by atoms with Gasteiger partial charge >= 0.3 is 0 Å². The van der Waals surface area contributed by atoms with E-state index in [-0.39, 0.29) is 5.78 Å². The van der Waals surface area contributed by atoms with Crippen molar-refractivity contribution in [2.45, 2.75) is 26.7 Å². The topological polar surface area (TPSA) is 47.3 Å². The van der Waals surface area contributed by atoms with Crippen molar-refractivity contribution in [3.63, 3.8) is 0 Å². The van der Waals surface area contributed by atoms with Gasteiger partial charge in [0.15, 0.2) is 5.78 Å². The van der Waals surface area contributed by atoms with E-state index in [0.29, 0.717) is 17.9 Å². The fourth-order valence-electron chi connectivity index (χ4n) is 1.62. The zero-order valence-corrected chi connectivity index (χ0v) is 9.55. The molecule has 4 nitrogen and oxygen atoms in total. The predicted molar refractivity (Wildman–Crippen MR) is 61.4 cm³/mol. The molecule has 0 spiro atoms. The van der Waals surface area contributed by atoms with E-state index in [0.717, 1.165) is 11.9 Å². The summed E-state index contributed by atoms with van der Waals surface area (Å²) in [6, 6.07) is 0. The van der Waals surface area contributed by atoms with Crippen LogP contribution < -0.4 is 0 Å². The highest BCUT2D eigenvalue weighted by molar-refractivity contribution is 6.02. The van der Waals surface area contributed by atoms with Gasteiger partial charge in [-0.1, -0.05) is 20.3 Å². The van der Waals surface area contributed by atoms with Gasteiger partial charge in [0.05, 0.1) is 23.5 Å². The van der Waals surface area contributed by atoms with Crippen LogP contribution in [-0.4, -0.2) is 20.4 Å². The average molecular weight is 217 g/mol. The van der Waals surface area contributed by atoms with Gasteiger partial charge in [-0.15, -0.1) is 0 Å². The minimum atomic E-state index is 0.150. The van der Waals surface area contributed by atoms with Gasteiger partial charge in [-0.25, -0.2) is 4.52 Å². The summed E-state index contributed by atoms with van der Waals surface area (Å²) >= 11 is 0. The molecule has 0 radical (unpaired) electrons. The molecule has 16 heavy (non-hydrogen) atoms. The normalized spacial score (nSPS) is 12.9. The first kappa shape index (κ1) is 10.8. The molecular weight excluding hydrogens is 202 g/mol. The number of rotatable bonds is 4. The van der Waals surface area contributed by atoms with Gasteiger partial charge in [0, 0.05) is 18.8 Å². The van der Waals surface area contributed by atoms with Gasteiger partial charge in [0.2, 0.25) is 0 Å². The molecule has 0 aliphatic heterocycles. The lowest BCUT2D eigenvalue weighted by Gasteiger charge is -2.05. The summed E-state index contributed by atoms with van der Waals surface area (Å²) in [6.07, 6.45) is 8.30. The van der Waals surface area contributed by atoms with Crippen LogP contribution in [0.25, 0.3) is 5.52 Å². The van der Waals surface area contributed by atoms with Gasteiger partial charge in [-0.2, -0.15) is 5.10 Å². The van der Waals surface area contributed by atoms with Crippen molar-refractivity contribution in [3.8, 4) is 0 Å². The highest BCUT2D eigenvalue weighted by Crippen LogP contribution is 2.15.